The van der Waals surface area contributed by atoms with Crippen LogP contribution in [0.3, 0.4) is 0 Å². The number of ether oxygens (including phenoxy) is 2. The number of hydrogen-bond acceptors (Lipinski definition) is 8. The maximum Gasteiger partial charge on any atom is 0.348 e. The number of anilines is 1. The first-order chi connectivity index (χ1) is 16.9. The van der Waals surface area contributed by atoms with Gasteiger partial charge in [0.25, 0.3) is 11.5 Å². The fraction of sp³-hybridized carbons (Fsp3) is 0.385. The molecule has 9 heteroatoms. The summed E-state index contributed by atoms with van der Waals surface area (Å²) in [5.74, 6) is -2.64. The van der Waals surface area contributed by atoms with Crippen LogP contribution in [-0.2, 0) is 25.6 Å². The lowest BCUT2D eigenvalue weighted by Crippen LogP contribution is -2.46. The lowest BCUT2D eigenvalue weighted by atomic mass is 10.1. The predicted octanol–water partition coefficient (Wildman–Crippen LogP) is 3.67. The fourth-order valence-corrected chi connectivity index (χ4v) is 4.99. The molecule has 35 heavy (non-hydrogen) atoms. The van der Waals surface area contributed by atoms with Crippen molar-refractivity contribution in [1.29, 1.82) is 0 Å². The molecule has 5 rings (SSSR count). The molecule has 2 saturated heterocycles. The molecule has 0 atom stereocenters. The van der Waals surface area contributed by atoms with Crippen molar-refractivity contribution in [3.8, 4) is 0 Å². The van der Waals surface area contributed by atoms with Gasteiger partial charge in [-0.15, -0.1) is 0 Å². The Morgan fingerprint density at radius 3 is 2.23 bits per heavy atom. The monoisotopic (exact) mass is 477 g/mol. The molecule has 0 radical (unpaired) electrons. The predicted molar refractivity (Wildman–Crippen MR) is 128 cm³/mol. The average molecular weight is 478 g/mol. The molecule has 1 saturated carbocycles. The molecular formula is C26H27N3O6. The number of nitro benzene ring substituents is 1. The molecule has 3 fully saturated rings. The third-order valence-electron chi connectivity index (χ3n) is 6.83. The van der Waals surface area contributed by atoms with E-state index < -0.39 is 22.6 Å². The lowest BCUT2D eigenvalue weighted by molar-refractivity contribution is -0.384. The minimum Gasteiger partial charge on any atom is -0.419 e. The third-order valence-corrected chi connectivity index (χ3v) is 6.83. The molecule has 2 aromatic rings. The van der Waals surface area contributed by atoms with Gasteiger partial charge in [0.15, 0.2) is 0 Å². The van der Waals surface area contributed by atoms with Crippen LogP contribution in [0.2, 0.25) is 0 Å². The van der Waals surface area contributed by atoms with Crippen LogP contribution in [0.5, 0.6) is 0 Å². The first-order valence-corrected chi connectivity index (χ1v) is 11.9. The van der Waals surface area contributed by atoms with Gasteiger partial charge < -0.3 is 14.4 Å². The zero-order chi connectivity index (χ0) is 24.4. The van der Waals surface area contributed by atoms with Gasteiger partial charge in [0.05, 0.1) is 4.92 Å². The van der Waals surface area contributed by atoms with Crippen LogP contribution < -0.4 is 4.90 Å². The maximum absolute atomic E-state index is 12.5. The highest BCUT2D eigenvalue weighted by molar-refractivity contribution is 6.19. The Morgan fingerprint density at radius 1 is 0.943 bits per heavy atom. The van der Waals surface area contributed by atoms with E-state index in [1.165, 1.54) is 17.7 Å². The zero-order valence-corrected chi connectivity index (χ0v) is 19.4. The molecule has 1 aliphatic carbocycles. The van der Waals surface area contributed by atoms with Crippen LogP contribution in [0, 0.1) is 10.1 Å². The molecule has 0 amide bonds. The summed E-state index contributed by atoms with van der Waals surface area (Å²) in [5, 5.41) is 11.9. The topological polar surface area (TPSA) is 102 Å². The summed E-state index contributed by atoms with van der Waals surface area (Å²) in [5.41, 5.74) is 1.81. The fourth-order valence-electron chi connectivity index (χ4n) is 4.99. The molecule has 2 heterocycles. The van der Waals surface area contributed by atoms with Crippen LogP contribution >= 0.6 is 0 Å². The minimum atomic E-state index is -1.15. The van der Waals surface area contributed by atoms with Gasteiger partial charge in [-0.05, 0) is 36.1 Å². The van der Waals surface area contributed by atoms with Crippen molar-refractivity contribution in [1.82, 2.24) is 4.90 Å². The quantitative estimate of drug-likeness (QED) is 0.211. The highest BCUT2D eigenvalue weighted by atomic mass is 16.7. The molecule has 1 spiro atoms. The van der Waals surface area contributed by atoms with Gasteiger partial charge in [-0.3, -0.25) is 15.0 Å². The Hall–Kier alpha value is -3.72. The first kappa shape index (κ1) is 23.0. The first-order valence-electron chi connectivity index (χ1n) is 11.9. The van der Waals surface area contributed by atoms with Crippen LogP contribution in [-0.4, -0.2) is 53.7 Å². The summed E-state index contributed by atoms with van der Waals surface area (Å²) in [6.07, 6.45) is 3.95. The van der Waals surface area contributed by atoms with Gasteiger partial charge in [-0.25, -0.2) is 9.59 Å². The summed E-state index contributed by atoms with van der Waals surface area (Å²) in [7, 11) is 0. The SMILES string of the molecule is O=C1OC2(CCCC2)OC(=O)C1=Cc1ccc(N2CCN(Cc3ccccc3)CC2)c([N+](=O)[O-])c1. The van der Waals surface area contributed by atoms with Gasteiger partial charge in [-0.1, -0.05) is 36.4 Å². The van der Waals surface area contributed by atoms with Gasteiger partial charge >= 0.3 is 11.9 Å². The van der Waals surface area contributed by atoms with Crippen molar-refractivity contribution in [3.63, 3.8) is 0 Å². The Morgan fingerprint density at radius 2 is 1.60 bits per heavy atom. The second-order valence-corrected chi connectivity index (χ2v) is 9.21. The molecule has 0 bridgehead atoms. The van der Waals surface area contributed by atoms with E-state index in [9.17, 15) is 19.7 Å². The maximum atomic E-state index is 12.5. The van der Waals surface area contributed by atoms with E-state index in [0.29, 0.717) is 37.2 Å². The highest BCUT2D eigenvalue weighted by Crippen LogP contribution is 2.39. The van der Waals surface area contributed by atoms with Crippen molar-refractivity contribution in [2.24, 2.45) is 0 Å². The molecule has 9 nitrogen and oxygen atoms in total. The number of benzene rings is 2. The second kappa shape index (κ2) is 9.50. The number of nitrogens with zero attached hydrogens (tertiary/aromatic N) is 3. The Bertz CT molecular complexity index is 1140. The van der Waals surface area contributed by atoms with Crippen LogP contribution in [0.15, 0.2) is 54.1 Å². The van der Waals surface area contributed by atoms with E-state index >= 15 is 0 Å². The van der Waals surface area contributed by atoms with Crippen molar-refractivity contribution in [3.05, 3.63) is 75.3 Å². The van der Waals surface area contributed by atoms with Crippen molar-refractivity contribution >= 4 is 29.4 Å². The molecule has 0 N–H and O–H groups in total. The van der Waals surface area contributed by atoms with E-state index in [0.717, 1.165) is 32.5 Å². The van der Waals surface area contributed by atoms with Crippen molar-refractivity contribution in [2.75, 3.05) is 31.1 Å². The number of esters is 2. The number of piperazine rings is 1. The number of rotatable bonds is 5. The summed E-state index contributed by atoms with van der Waals surface area (Å²) in [4.78, 5) is 40.8. The van der Waals surface area contributed by atoms with E-state index in [2.05, 4.69) is 17.0 Å². The molecule has 3 aliphatic rings. The molecule has 0 aromatic heterocycles. The van der Waals surface area contributed by atoms with Gasteiger partial charge in [-0.2, -0.15) is 0 Å². The smallest absolute Gasteiger partial charge is 0.348 e. The third kappa shape index (κ3) is 4.90. The van der Waals surface area contributed by atoms with E-state index in [1.807, 2.05) is 23.1 Å². The lowest BCUT2D eigenvalue weighted by Gasteiger charge is -2.35. The van der Waals surface area contributed by atoms with E-state index in [4.69, 9.17) is 9.47 Å². The van der Waals surface area contributed by atoms with Crippen LogP contribution in [0.25, 0.3) is 6.08 Å². The van der Waals surface area contributed by atoms with Gasteiger partial charge in [0, 0.05) is 51.6 Å². The van der Waals surface area contributed by atoms with Crippen molar-refractivity contribution < 1.29 is 24.0 Å². The summed E-state index contributed by atoms with van der Waals surface area (Å²) < 4.78 is 10.9. The molecule has 182 valence electrons. The summed E-state index contributed by atoms with van der Waals surface area (Å²) in [6, 6.07) is 15.0. The number of hydrogen-bond donors (Lipinski definition) is 0. The Balaban J connectivity index is 1.30. The second-order valence-electron chi connectivity index (χ2n) is 9.21. The van der Waals surface area contributed by atoms with E-state index in [1.54, 1.807) is 12.1 Å². The van der Waals surface area contributed by atoms with Crippen LogP contribution in [0.4, 0.5) is 11.4 Å². The van der Waals surface area contributed by atoms with Crippen molar-refractivity contribution in [2.45, 2.75) is 38.0 Å². The Labute approximate surface area is 203 Å². The standard InChI is InChI=1S/C26H27N3O6/c30-24-21(25(31)35-26(34-24)10-4-5-11-26)16-20-8-9-22(23(17-20)29(32)33)28-14-12-27(13-15-28)18-19-6-2-1-3-7-19/h1-3,6-9,16-17H,4-5,10-15,18H2. The van der Waals surface area contributed by atoms with Crippen LogP contribution in [0.1, 0.15) is 36.8 Å². The molecule has 2 aromatic carbocycles. The van der Waals surface area contributed by atoms with E-state index in [-0.39, 0.29) is 11.3 Å². The number of carbonyl (C=O) groups is 2. The zero-order valence-electron chi connectivity index (χ0n) is 19.4. The minimum absolute atomic E-state index is 0.0688. The average Bonchev–Trinajstić information content (AvgIpc) is 3.29. The normalized spacial score (nSPS) is 20.0. The largest absolute Gasteiger partial charge is 0.419 e. The highest BCUT2D eigenvalue weighted by Gasteiger charge is 2.47. The molecule has 0 unspecified atom stereocenters. The summed E-state index contributed by atoms with van der Waals surface area (Å²) >= 11 is 0. The molecule has 2 aliphatic heterocycles. The number of carbonyl (C=O) groups excluding carboxylic acids is 2. The number of nitro groups is 1. The molecular weight excluding hydrogens is 450 g/mol. The van der Waals surface area contributed by atoms with Gasteiger partial charge in [0.2, 0.25) is 0 Å². The Kier molecular flexibility index (Phi) is 6.25. The van der Waals surface area contributed by atoms with Gasteiger partial charge in [0.1, 0.15) is 11.3 Å². The summed E-state index contributed by atoms with van der Waals surface area (Å²) in [6.45, 7) is 3.75.